The molecule has 4 heterocycles. The van der Waals surface area contributed by atoms with Gasteiger partial charge in [0.25, 0.3) is 0 Å². The number of para-hydroxylation sites is 4. The first-order valence-corrected chi connectivity index (χ1v) is 28.5. The van der Waals surface area contributed by atoms with E-state index < -0.39 is 18.0 Å². The largest absolute Gasteiger partial charge is 0.481 e. The third kappa shape index (κ3) is 14.8. The summed E-state index contributed by atoms with van der Waals surface area (Å²) in [7, 11) is 8.99. The van der Waals surface area contributed by atoms with E-state index in [9.17, 15) is 14.7 Å². The maximum Gasteiger partial charge on any atom is 0.303 e. The fraction of sp³-hybridized carbons (Fsp3) is 0.410. The molecule has 0 saturated carbocycles. The van der Waals surface area contributed by atoms with Gasteiger partial charge < -0.3 is 34.1 Å². The monoisotopic (exact) mass is 1040 g/mol. The van der Waals surface area contributed by atoms with Crippen LogP contribution in [0.4, 0.5) is 11.4 Å². The van der Waals surface area contributed by atoms with Gasteiger partial charge in [0.15, 0.2) is 31.6 Å². The number of carboxylic acids is 2. The zero-order valence-electron chi connectivity index (χ0n) is 44.1. The highest BCUT2D eigenvalue weighted by atomic mass is 32.2. The number of anilines is 2. The van der Waals surface area contributed by atoms with Crippen LogP contribution >= 0.6 is 23.5 Å². The van der Waals surface area contributed by atoms with Crippen molar-refractivity contribution in [2.75, 3.05) is 77.3 Å². The number of carboxylic acid groups (broad SMARTS) is 2. The fourth-order valence-corrected chi connectivity index (χ4v) is 13.1. The molecule has 0 aliphatic carbocycles. The SMILES string of the molecule is C[N+](C)(CCC[n+]1ccc(C=C2Sc3ccccc3N2CCCCCCC(=O)O)c2ccccc21)CC(O)C[N+](C)(C)CCC[n+]1ccc(C=C2Sc3ccccc3N2CCCCCCC(=O)O)c2ccccc21. The summed E-state index contributed by atoms with van der Waals surface area (Å²) in [5.41, 5.74) is 7.32. The number of aliphatic hydroxyl groups excluding tert-OH is 1. The minimum absolute atomic E-state index is 0.241. The predicted molar refractivity (Wildman–Crippen MR) is 304 cm³/mol. The predicted octanol–water partition coefficient (Wildman–Crippen LogP) is 11.5. The lowest BCUT2D eigenvalue weighted by atomic mass is 10.1. The Hall–Kier alpha value is -5.70. The van der Waals surface area contributed by atoms with Crippen LogP contribution in [-0.4, -0.2) is 110 Å². The van der Waals surface area contributed by atoms with Crippen LogP contribution in [0.1, 0.15) is 88.2 Å². The first-order valence-electron chi connectivity index (χ1n) is 26.8. The van der Waals surface area contributed by atoms with E-state index in [1.165, 1.54) is 64.2 Å². The van der Waals surface area contributed by atoms with Gasteiger partial charge in [0.05, 0.1) is 86.3 Å². The first-order chi connectivity index (χ1) is 35.7. The standard InChI is InChI=1S/C61H76N6O5S2/c1-66(2,41-21-35-62-39-33-47(50-23-11-13-25-52(50)62)43-58-64(37-19-7-5-9-31-60(69)70)54-27-15-17-29-56(54)73-58)45-49(68)46-67(3,4)42-22-36-63-40-34-48(51-24-12-14-26-53(51)63)44-59-65(38-20-8-6-10-32-61(71)72)55-28-16-18-30-57(55)74-59/h11-18,23-30,33-34,39-40,43-44,49,68H,5-10,19-22,31-32,35-38,41-42,45-46H2,1-4H3/q+2/p+2. The second kappa shape index (κ2) is 25.7. The van der Waals surface area contributed by atoms with Crippen molar-refractivity contribution in [3.8, 4) is 0 Å². The van der Waals surface area contributed by atoms with Crippen molar-refractivity contribution < 1.29 is 43.0 Å². The van der Waals surface area contributed by atoms with Crippen LogP contribution in [0.15, 0.2) is 141 Å². The van der Waals surface area contributed by atoms with Crippen LogP contribution in [0, 0.1) is 0 Å². The van der Waals surface area contributed by atoms with Crippen molar-refractivity contribution >= 4 is 80.8 Å². The summed E-state index contributed by atoms with van der Waals surface area (Å²) in [4.78, 5) is 29.4. The maximum atomic E-state index is 11.6. The second-order valence-electron chi connectivity index (χ2n) is 21.5. The van der Waals surface area contributed by atoms with Crippen LogP contribution in [0.25, 0.3) is 34.0 Å². The molecule has 13 heteroatoms. The van der Waals surface area contributed by atoms with Gasteiger partial charge >= 0.3 is 11.9 Å². The van der Waals surface area contributed by atoms with Gasteiger partial charge in [-0.05, 0) is 85.4 Å². The number of quaternary nitrogens is 2. The number of aliphatic hydroxyl groups is 1. The molecular formula is C61H78N6O5S2+4. The molecule has 0 saturated heterocycles. The highest BCUT2D eigenvalue weighted by molar-refractivity contribution is 8.04. The van der Waals surface area contributed by atoms with Crippen molar-refractivity contribution in [2.24, 2.45) is 0 Å². The van der Waals surface area contributed by atoms with Crippen LogP contribution in [0.5, 0.6) is 0 Å². The number of likely N-dealkylation sites (N-methyl/N-ethyl adjacent to an activating group) is 2. The quantitative estimate of drug-likeness (QED) is 0.0251. The van der Waals surface area contributed by atoms with E-state index in [0.29, 0.717) is 13.1 Å². The summed E-state index contributed by atoms with van der Waals surface area (Å²) < 4.78 is 6.26. The molecule has 4 aromatic carbocycles. The lowest BCUT2D eigenvalue weighted by molar-refractivity contribution is -0.916. The van der Waals surface area contributed by atoms with Crippen LogP contribution in [0.3, 0.4) is 0 Å². The molecule has 390 valence electrons. The number of aliphatic carboxylic acids is 2. The Balaban J connectivity index is 0.832. The molecule has 0 radical (unpaired) electrons. The number of carbonyl (C=O) groups is 2. The number of hydrogen-bond donors (Lipinski definition) is 3. The minimum Gasteiger partial charge on any atom is -0.481 e. The van der Waals surface area contributed by atoms with E-state index in [4.69, 9.17) is 10.2 Å². The van der Waals surface area contributed by atoms with E-state index in [-0.39, 0.29) is 12.8 Å². The smallest absolute Gasteiger partial charge is 0.303 e. The lowest BCUT2D eigenvalue weighted by Crippen LogP contribution is -2.53. The molecule has 3 N–H and O–H groups in total. The Kier molecular flexibility index (Phi) is 18.9. The van der Waals surface area contributed by atoms with Gasteiger partial charge in [0.2, 0.25) is 11.0 Å². The van der Waals surface area contributed by atoms with Crippen LogP contribution in [-0.2, 0) is 22.7 Å². The number of hydrogen-bond acceptors (Lipinski definition) is 7. The van der Waals surface area contributed by atoms with Gasteiger partial charge in [-0.2, -0.15) is 9.13 Å². The number of pyridine rings is 2. The third-order valence-corrected chi connectivity index (χ3v) is 16.8. The molecule has 0 amide bonds. The van der Waals surface area contributed by atoms with Gasteiger partial charge in [-0.15, -0.1) is 0 Å². The summed E-state index contributed by atoms with van der Waals surface area (Å²) in [6, 6.07) is 39.2. The van der Waals surface area contributed by atoms with Crippen LogP contribution in [0.2, 0.25) is 0 Å². The summed E-state index contributed by atoms with van der Waals surface area (Å²) in [5.74, 6) is -1.43. The van der Waals surface area contributed by atoms with Gasteiger partial charge in [-0.3, -0.25) is 9.59 Å². The Morgan fingerprint density at radius 2 is 0.919 bits per heavy atom. The van der Waals surface area contributed by atoms with E-state index >= 15 is 0 Å². The van der Waals surface area contributed by atoms with Crippen molar-refractivity contribution in [3.63, 3.8) is 0 Å². The number of aryl methyl sites for hydroxylation is 2. The Labute approximate surface area is 447 Å². The maximum absolute atomic E-state index is 11.6. The van der Waals surface area contributed by atoms with Crippen molar-refractivity contribution in [3.05, 3.63) is 143 Å². The van der Waals surface area contributed by atoms with E-state index in [0.717, 1.165) is 112 Å². The summed E-state index contributed by atoms with van der Waals surface area (Å²) in [5, 5.41) is 34.6. The van der Waals surface area contributed by atoms with Crippen molar-refractivity contribution in [2.45, 2.75) is 106 Å². The minimum atomic E-state index is -0.717. The molecule has 0 spiro atoms. The summed E-state index contributed by atoms with van der Waals surface area (Å²) >= 11 is 3.65. The number of nitrogens with zero attached hydrogens (tertiary/aromatic N) is 6. The molecule has 74 heavy (non-hydrogen) atoms. The molecule has 2 aliphatic rings. The Morgan fingerprint density at radius 1 is 0.527 bits per heavy atom. The van der Waals surface area contributed by atoms with Crippen LogP contribution < -0.4 is 18.9 Å². The first kappa shape index (κ1) is 54.6. The molecule has 8 rings (SSSR count). The zero-order chi connectivity index (χ0) is 52.1. The Bertz CT molecular complexity index is 2760. The number of unbranched alkanes of at least 4 members (excludes halogenated alkanes) is 6. The summed E-state index contributed by atoms with van der Waals surface area (Å²) in [6.07, 6.45) is 18.5. The molecule has 0 bridgehead atoms. The van der Waals surface area contributed by atoms with Gasteiger partial charge in [-0.1, -0.05) is 97.7 Å². The van der Waals surface area contributed by atoms with E-state index in [1.54, 1.807) is 0 Å². The number of rotatable bonds is 28. The molecule has 6 aromatic rings. The molecular weight excluding hydrogens is 961 g/mol. The van der Waals surface area contributed by atoms with E-state index in [1.807, 2.05) is 23.5 Å². The third-order valence-electron chi connectivity index (χ3n) is 14.5. The van der Waals surface area contributed by atoms with Crippen molar-refractivity contribution in [1.29, 1.82) is 0 Å². The normalized spacial score (nSPS) is 15.1. The second-order valence-corrected chi connectivity index (χ2v) is 23.7. The number of fused-ring (bicyclic) bond motifs is 4. The molecule has 2 aliphatic heterocycles. The molecule has 0 atom stereocenters. The Morgan fingerprint density at radius 3 is 1.35 bits per heavy atom. The van der Waals surface area contributed by atoms with Gasteiger partial charge in [-0.25, -0.2) is 0 Å². The van der Waals surface area contributed by atoms with Gasteiger partial charge in [0, 0.05) is 60.0 Å². The highest BCUT2D eigenvalue weighted by Crippen LogP contribution is 2.48. The number of thioether (sulfide) groups is 2. The highest BCUT2D eigenvalue weighted by Gasteiger charge is 2.30. The fourth-order valence-electron chi connectivity index (χ4n) is 10.8. The van der Waals surface area contributed by atoms with Gasteiger partial charge in [0.1, 0.15) is 13.1 Å². The molecule has 2 aromatic heterocycles. The van der Waals surface area contributed by atoms with Crippen molar-refractivity contribution in [1.82, 2.24) is 0 Å². The number of benzene rings is 4. The average molecular weight is 1040 g/mol. The summed E-state index contributed by atoms with van der Waals surface area (Å²) in [6.45, 7) is 6.88. The molecule has 0 unspecified atom stereocenters. The zero-order valence-corrected chi connectivity index (χ0v) is 45.7. The van der Waals surface area contributed by atoms with E-state index in [2.05, 4.69) is 181 Å². The lowest BCUT2D eigenvalue weighted by Gasteiger charge is -2.36. The molecule has 11 nitrogen and oxygen atoms in total. The topological polar surface area (TPSA) is 109 Å². The molecule has 0 fully saturated rings. The number of aromatic nitrogens is 2. The average Bonchev–Trinajstić information content (AvgIpc) is 3.90.